The Balaban J connectivity index is 1.45. The lowest BCUT2D eigenvalue weighted by atomic mass is 9.99. The molecule has 16 heteroatoms. The van der Waals surface area contributed by atoms with Crippen molar-refractivity contribution < 1.29 is 31.1 Å². The molecule has 1 aromatic carbocycles. The highest BCUT2D eigenvalue weighted by atomic mass is 19.4. The highest BCUT2D eigenvalue weighted by Gasteiger charge is 2.44. The maximum atomic E-state index is 14.8. The molecule has 5 aromatic rings. The van der Waals surface area contributed by atoms with Crippen LogP contribution in [-0.2, 0) is 25.2 Å². The molecule has 4 heterocycles. The van der Waals surface area contributed by atoms with Crippen molar-refractivity contribution in [3.8, 4) is 28.7 Å². The predicted octanol–water partition coefficient (Wildman–Crippen LogP) is 5.43. The topological polar surface area (TPSA) is 112 Å². The number of ether oxygens (including phenoxy) is 1. The zero-order valence-corrected chi connectivity index (χ0v) is 23.6. The Kier molecular flexibility index (Phi) is 6.96. The van der Waals surface area contributed by atoms with Crippen LogP contribution in [0.4, 0.5) is 26.3 Å². The van der Waals surface area contributed by atoms with Gasteiger partial charge in [-0.2, -0.15) is 13.2 Å². The number of benzene rings is 1. The maximum Gasteiger partial charge on any atom is 0.434 e. The van der Waals surface area contributed by atoms with E-state index >= 15 is 0 Å². The first-order valence-corrected chi connectivity index (χ1v) is 13.4. The molecular formula is C28H25F6N9O. The van der Waals surface area contributed by atoms with Crippen molar-refractivity contribution in [2.24, 2.45) is 7.05 Å². The second-order valence-corrected chi connectivity index (χ2v) is 10.8. The Bertz CT molecular complexity index is 1920. The van der Waals surface area contributed by atoms with Gasteiger partial charge in [-0.3, -0.25) is 14.5 Å². The summed E-state index contributed by atoms with van der Waals surface area (Å²) in [5.41, 5.74) is -0.0216. The van der Waals surface area contributed by atoms with Crippen molar-refractivity contribution in [2.45, 2.75) is 50.6 Å². The molecule has 44 heavy (non-hydrogen) atoms. The van der Waals surface area contributed by atoms with Crippen LogP contribution < -0.4 is 10.4 Å². The Labute approximate surface area is 245 Å². The van der Waals surface area contributed by atoms with Crippen LogP contribution in [0.3, 0.4) is 0 Å². The molecule has 10 nitrogen and oxygen atoms in total. The first-order valence-electron chi connectivity index (χ1n) is 13.4. The minimum Gasteiger partial charge on any atom is -0.480 e. The highest BCUT2D eigenvalue weighted by Crippen LogP contribution is 2.50. The lowest BCUT2D eigenvalue weighted by Crippen LogP contribution is -2.29. The second-order valence-electron chi connectivity index (χ2n) is 10.8. The zero-order chi connectivity index (χ0) is 31.6. The van der Waals surface area contributed by atoms with Crippen LogP contribution in [0.5, 0.6) is 5.88 Å². The first kappa shape index (κ1) is 29.3. The van der Waals surface area contributed by atoms with E-state index in [1.807, 2.05) is 6.92 Å². The van der Waals surface area contributed by atoms with Gasteiger partial charge in [0.15, 0.2) is 17.2 Å². The standard InChI is InChI=1S/C28H25F6N9O/c1-27(8-9-27)19-18(25(44-3)38-13-37-19)22-36-10-16-24(40-22)42(26(35)43(16)21(31)20(29)30)11-14-4-6-15(7-5-14)23-39-17(12-41(23)2)28(32,33)34/h4-7,10,12-13,20-21,35H,8-9,11H2,1-3H3. The van der Waals surface area contributed by atoms with Crippen LogP contribution in [0.1, 0.15) is 43.0 Å². The minimum absolute atomic E-state index is 0.00380. The van der Waals surface area contributed by atoms with Gasteiger partial charge < -0.3 is 9.30 Å². The molecule has 1 aliphatic rings. The van der Waals surface area contributed by atoms with Crippen molar-refractivity contribution in [3.63, 3.8) is 0 Å². The smallest absolute Gasteiger partial charge is 0.434 e. The zero-order valence-electron chi connectivity index (χ0n) is 23.6. The quantitative estimate of drug-likeness (QED) is 0.233. The van der Waals surface area contributed by atoms with Crippen LogP contribution in [-0.4, -0.2) is 52.2 Å². The van der Waals surface area contributed by atoms with E-state index < -0.39 is 30.2 Å². The lowest BCUT2D eigenvalue weighted by Gasteiger charge is -2.15. The molecule has 1 aliphatic carbocycles. The number of hydrogen-bond donors (Lipinski definition) is 1. The number of halogens is 6. The summed E-state index contributed by atoms with van der Waals surface area (Å²) in [4.78, 5) is 21.3. The molecular weight excluding hydrogens is 592 g/mol. The minimum atomic E-state index is -4.61. The molecule has 0 bridgehead atoms. The van der Waals surface area contributed by atoms with E-state index in [-0.39, 0.29) is 40.7 Å². The van der Waals surface area contributed by atoms with E-state index in [1.54, 1.807) is 24.3 Å². The van der Waals surface area contributed by atoms with Crippen LogP contribution >= 0.6 is 0 Å². The number of alkyl halides is 6. The third kappa shape index (κ3) is 4.97. The van der Waals surface area contributed by atoms with E-state index in [0.717, 1.165) is 19.0 Å². The summed E-state index contributed by atoms with van der Waals surface area (Å²) in [6.45, 7) is 1.92. The summed E-state index contributed by atoms with van der Waals surface area (Å²) >= 11 is 0. The maximum absolute atomic E-state index is 14.8. The summed E-state index contributed by atoms with van der Waals surface area (Å²) in [5.74, 6) is 0.402. The third-order valence-electron chi connectivity index (χ3n) is 7.72. The number of imidazole rings is 2. The Morgan fingerprint density at radius 3 is 2.34 bits per heavy atom. The van der Waals surface area contributed by atoms with Crippen molar-refractivity contribution >= 4 is 11.2 Å². The molecule has 1 unspecified atom stereocenters. The highest BCUT2D eigenvalue weighted by molar-refractivity contribution is 5.76. The average molecular weight is 618 g/mol. The number of nitrogens with one attached hydrogen (secondary N) is 1. The van der Waals surface area contributed by atoms with E-state index in [4.69, 9.17) is 10.1 Å². The van der Waals surface area contributed by atoms with Crippen LogP contribution in [0.15, 0.2) is 43.0 Å². The normalized spacial score (nSPS) is 15.2. The largest absolute Gasteiger partial charge is 0.480 e. The lowest BCUT2D eigenvalue weighted by molar-refractivity contribution is -0.140. The van der Waals surface area contributed by atoms with Gasteiger partial charge in [-0.1, -0.05) is 31.2 Å². The van der Waals surface area contributed by atoms with Gasteiger partial charge in [-0.05, 0) is 18.4 Å². The molecule has 1 N–H and O–H groups in total. The number of rotatable bonds is 8. The Morgan fingerprint density at radius 1 is 1.05 bits per heavy atom. The molecule has 0 saturated heterocycles. The number of fused-ring (bicyclic) bond motifs is 1. The van der Waals surface area contributed by atoms with Gasteiger partial charge in [-0.25, -0.2) is 38.1 Å². The van der Waals surface area contributed by atoms with Gasteiger partial charge in [0.2, 0.25) is 17.8 Å². The molecule has 0 radical (unpaired) electrons. The molecule has 0 amide bonds. The molecule has 1 atom stereocenters. The van der Waals surface area contributed by atoms with Crippen LogP contribution in [0.2, 0.25) is 0 Å². The summed E-state index contributed by atoms with van der Waals surface area (Å²) in [6, 6.07) is 6.28. The number of nitrogens with zero attached hydrogens (tertiary/aromatic N) is 8. The average Bonchev–Trinajstić information content (AvgIpc) is 3.52. The van der Waals surface area contributed by atoms with Crippen molar-refractivity contribution in [1.29, 1.82) is 5.41 Å². The van der Waals surface area contributed by atoms with Crippen molar-refractivity contribution in [1.82, 2.24) is 38.6 Å². The van der Waals surface area contributed by atoms with Gasteiger partial charge in [0, 0.05) is 24.2 Å². The fourth-order valence-electron chi connectivity index (χ4n) is 5.13. The molecule has 4 aromatic heterocycles. The number of aryl methyl sites for hydroxylation is 1. The molecule has 1 saturated carbocycles. The Morgan fingerprint density at radius 2 is 1.75 bits per heavy atom. The first-order chi connectivity index (χ1) is 20.8. The van der Waals surface area contributed by atoms with Gasteiger partial charge in [0.05, 0.1) is 25.5 Å². The molecule has 6 rings (SSSR count). The SMILES string of the molecule is COc1ncnc(C2(C)CC2)c1-c1ncc2c(n1)n(Cc1ccc(-c3nc(C(F)(F)F)cn3C)cc1)c(=N)n2C(F)C(F)F. The summed E-state index contributed by atoms with van der Waals surface area (Å²) in [5, 5.41) is 8.63. The van der Waals surface area contributed by atoms with Crippen molar-refractivity contribution in [2.75, 3.05) is 7.11 Å². The van der Waals surface area contributed by atoms with E-state index in [1.165, 1.54) is 35.8 Å². The number of methoxy groups -OCH3 is 1. The van der Waals surface area contributed by atoms with Crippen molar-refractivity contribution in [3.05, 3.63) is 65.6 Å². The van der Waals surface area contributed by atoms with Gasteiger partial charge in [0.25, 0.3) is 6.43 Å². The van der Waals surface area contributed by atoms with Gasteiger partial charge >= 0.3 is 6.18 Å². The Hall–Kier alpha value is -4.76. The molecule has 1 fully saturated rings. The fourth-order valence-corrected chi connectivity index (χ4v) is 5.13. The van der Waals surface area contributed by atoms with E-state index in [9.17, 15) is 26.3 Å². The number of hydrogen-bond acceptors (Lipinski definition) is 7. The molecule has 230 valence electrons. The van der Waals surface area contributed by atoms with Crippen LogP contribution in [0, 0.1) is 5.41 Å². The molecule has 0 aliphatic heterocycles. The van der Waals surface area contributed by atoms with Gasteiger partial charge in [0.1, 0.15) is 23.2 Å². The van der Waals surface area contributed by atoms with Gasteiger partial charge in [-0.15, -0.1) is 0 Å². The second kappa shape index (κ2) is 10.4. The summed E-state index contributed by atoms with van der Waals surface area (Å²) < 4.78 is 89.9. The summed E-state index contributed by atoms with van der Waals surface area (Å²) in [7, 11) is 2.87. The predicted molar refractivity (Wildman–Crippen MR) is 144 cm³/mol. The number of aromatic nitrogens is 8. The summed E-state index contributed by atoms with van der Waals surface area (Å²) in [6.07, 6.45) is -5.72. The van der Waals surface area contributed by atoms with Crippen LogP contribution in [0.25, 0.3) is 33.9 Å². The van der Waals surface area contributed by atoms with E-state index in [0.29, 0.717) is 27.0 Å². The monoisotopic (exact) mass is 617 g/mol. The fraction of sp³-hybridized carbons (Fsp3) is 0.357. The van der Waals surface area contributed by atoms with E-state index in [2.05, 4.69) is 24.9 Å². The third-order valence-corrected chi connectivity index (χ3v) is 7.72. The molecule has 0 spiro atoms.